The lowest BCUT2D eigenvalue weighted by atomic mass is 10.1. The molecule has 0 aliphatic carbocycles. The van der Waals surface area contributed by atoms with Crippen molar-refractivity contribution in [3.63, 3.8) is 0 Å². The second-order valence-electron chi connectivity index (χ2n) is 4.02. The van der Waals surface area contributed by atoms with Gasteiger partial charge < -0.3 is 16.2 Å². The Bertz CT molecular complexity index is 369. The van der Waals surface area contributed by atoms with Crippen molar-refractivity contribution in [1.82, 2.24) is 0 Å². The summed E-state index contributed by atoms with van der Waals surface area (Å²) in [4.78, 5) is 0. The third-order valence-electron chi connectivity index (χ3n) is 2.38. The van der Waals surface area contributed by atoms with E-state index < -0.39 is 17.7 Å². The Hall–Kier alpha value is -1.36. The van der Waals surface area contributed by atoms with Crippen LogP contribution in [-0.2, 0) is 0 Å². The van der Waals surface area contributed by atoms with Crippen LogP contribution in [0.5, 0.6) is 0 Å². The van der Waals surface area contributed by atoms with E-state index in [-0.39, 0.29) is 23.8 Å². The molecule has 1 unspecified atom stereocenters. The molecule has 0 radical (unpaired) electrons. The predicted molar refractivity (Wildman–Crippen MR) is 60.1 cm³/mol. The maximum absolute atomic E-state index is 13.3. The summed E-state index contributed by atoms with van der Waals surface area (Å²) in [7, 11) is 0. The van der Waals surface area contributed by atoms with Gasteiger partial charge in [-0.15, -0.1) is 0 Å². The number of hydrogen-bond acceptors (Lipinski definition) is 3. The number of anilines is 2. The fourth-order valence-corrected chi connectivity index (χ4v) is 1.19. The number of hydrogen-bond donors (Lipinski definition) is 3. The average Bonchev–Trinajstić information content (AvgIpc) is 2.23. The molecule has 0 fully saturated rings. The maximum Gasteiger partial charge on any atom is 0.183 e. The summed E-state index contributed by atoms with van der Waals surface area (Å²) in [5.41, 5.74) is 5.52. The highest BCUT2D eigenvalue weighted by atomic mass is 19.2. The molecule has 1 aromatic carbocycles. The molecule has 1 atom stereocenters. The van der Waals surface area contributed by atoms with Crippen LogP contribution in [0.2, 0.25) is 0 Å². The number of benzene rings is 1. The molecule has 4 N–H and O–H groups in total. The summed E-state index contributed by atoms with van der Waals surface area (Å²) in [6.07, 6.45) is -0.637. The summed E-state index contributed by atoms with van der Waals surface area (Å²) in [5.74, 6) is -1.95. The van der Waals surface area contributed by atoms with Crippen molar-refractivity contribution >= 4 is 11.4 Å². The molecule has 0 spiro atoms. The van der Waals surface area contributed by atoms with Crippen LogP contribution in [0.3, 0.4) is 0 Å². The highest BCUT2D eigenvalue weighted by Gasteiger charge is 2.14. The molecule has 3 nitrogen and oxygen atoms in total. The second-order valence-corrected chi connectivity index (χ2v) is 4.02. The third kappa shape index (κ3) is 2.82. The minimum absolute atomic E-state index is 0.0327. The molecule has 0 bridgehead atoms. The standard InChI is InChI=1S/C11H16F2N2O/c1-6(2)9(16)5-15-11-8(14)4-3-7(12)10(11)13/h3-4,6,9,15-16H,5,14H2,1-2H3. The van der Waals surface area contributed by atoms with Crippen LogP contribution in [0.1, 0.15) is 13.8 Å². The zero-order chi connectivity index (χ0) is 12.3. The summed E-state index contributed by atoms with van der Waals surface area (Å²) in [5, 5.41) is 12.1. The van der Waals surface area contributed by atoms with Crippen LogP contribution >= 0.6 is 0 Å². The molecule has 0 saturated carbocycles. The van der Waals surface area contributed by atoms with Gasteiger partial charge in [0, 0.05) is 6.54 Å². The van der Waals surface area contributed by atoms with Gasteiger partial charge in [0.25, 0.3) is 0 Å². The van der Waals surface area contributed by atoms with E-state index in [1.165, 1.54) is 6.07 Å². The van der Waals surface area contributed by atoms with Crippen LogP contribution in [0.4, 0.5) is 20.2 Å². The van der Waals surface area contributed by atoms with E-state index in [2.05, 4.69) is 5.32 Å². The molecule has 0 saturated heterocycles. The van der Waals surface area contributed by atoms with Gasteiger partial charge in [-0.1, -0.05) is 13.8 Å². The Balaban J connectivity index is 2.77. The molecular formula is C11H16F2N2O. The van der Waals surface area contributed by atoms with Crippen LogP contribution in [-0.4, -0.2) is 17.8 Å². The van der Waals surface area contributed by atoms with Gasteiger partial charge in [0.05, 0.1) is 17.5 Å². The quantitative estimate of drug-likeness (QED) is 0.693. The van der Waals surface area contributed by atoms with E-state index in [1.54, 1.807) is 0 Å². The van der Waals surface area contributed by atoms with E-state index in [0.717, 1.165) is 6.07 Å². The summed E-state index contributed by atoms with van der Waals surface area (Å²) in [6.45, 7) is 3.79. The molecule has 1 aromatic rings. The minimum atomic E-state index is -1.02. The van der Waals surface area contributed by atoms with E-state index in [9.17, 15) is 13.9 Å². The number of nitrogens with one attached hydrogen (secondary N) is 1. The third-order valence-corrected chi connectivity index (χ3v) is 2.38. The molecule has 16 heavy (non-hydrogen) atoms. The van der Waals surface area contributed by atoms with Gasteiger partial charge in [-0.25, -0.2) is 8.78 Å². The van der Waals surface area contributed by atoms with Crippen LogP contribution in [0.15, 0.2) is 12.1 Å². The van der Waals surface area contributed by atoms with Crippen molar-refractivity contribution < 1.29 is 13.9 Å². The monoisotopic (exact) mass is 230 g/mol. The molecule has 0 aliphatic rings. The van der Waals surface area contributed by atoms with Gasteiger partial charge in [0.1, 0.15) is 0 Å². The van der Waals surface area contributed by atoms with Gasteiger partial charge in [0.15, 0.2) is 11.6 Å². The number of nitrogens with two attached hydrogens (primary N) is 1. The van der Waals surface area contributed by atoms with Crippen LogP contribution in [0.25, 0.3) is 0 Å². The van der Waals surface area contributed by atoms with E-state index >= 15 is 0 Å². The Labute approximate surface area is 93.3 Å². The van der Waals surface area contributed by atoms with E-state index in [0.29, 0.717) is 0 Å². The smallest absolute Gasteiger partial charge is 0.183 e. The summed E-state index contributed by atoms with van der Waals surface area (Å²) in [6, 6.07) is 2.25. The number of rotatable bonds is 4. The first kappa shape index (κ1) is 12.7. The topological polar surface area (TPSA) is 58.3 Å². The predicted octanol–water partition coefficient (Wildman–Crippen LogP) is 1.98. The molecular weight excluding hydrogens is 214 g/mol. The van der Waals surface area contributed by atoms with Crippen molar-refractivity contribution in [2.75, 3.05) is 17.6 Å². The van der Waals surface area contributed by atoms with Crippen molar-refractivity contribution in [3.8, 4) is 0 Å². The first-order valence-electron chi connectivity index (χ1n) is 5.09. The van der Waals surface area contributed by atoms with E-state index in [4.69, 9.17) is 5.73 Å². The molecule has 90 valence electrons. The summed E-state index contributed by atoms with van der Waals surface area (Å²) >= 11 is 0. The van der Waals surface area contributed by atoms with Crippen molar-refractivity contribution in [1.29, 1.82) is 0 Å². The Kier molecular flexibility index (Phi) is 4.06. The summed E-state index contributed by atoms with van der Waals surface area (Å²) < 4.78 is 26.2. The zero-order valence-corrected chi connectivity index (χ0v) is 9.30. The normalized spacial score (nSPS) is 12.9. The Morgan fingerprint density at radius 1 is 1.38 bits per heavy atom. The lowest BCUT2D eigenvalue weighted by Gasteiger charge is -2.17. The largest absolute Gasteiger partial charge is 0.397 e. The fraction of sp³-hybridized carbons (Fsp3) is 0.455. The van der Waals surface area contributed by atoms with Gasteiger partial charge in [-0.05, 0) is 18.1 Å². The molecule has 0 aromatic heterocycles. The zero-order valence-electron chi connectivity index (χ0n) is 9.30. The molecule has 1 rings (SSSR count). The first-order chi connectivity index (χ1) is 7.43. The lowest BCUT2D eigenvalue weighted by Crippen LogP contribution is -2.25. The lowest BCUT2D eigenvalue weighted by molar-refractivity contribution is 0.138. The van der Waals surface area contributed by atoms with Gasteiger partial charge in [0.2, 0.25) is 0 Å². The van der Waals surface area contributed by atoms with Gasteiger partial charge >= 0.3 is 0 Å². The maximum atomic E-state index is 13.3. The first-order valence-corrected chi connectivity index (χ1v) is 5.09. The molecule has 0 amide bonds. The van der Waals surface area contributed by atoms with Crippen molar-refractivity contribution in [2.24, 2.45) is 5.92 Å². The minimum Gasteiger partial charge on any atom is -0.397 e. The van der Waals surface area contributed by atoms with Gasteiger partial charge in [-0.3, -0.25) is 0 Å². The van der Waals surface area contributed by atoms with E-state index in [1.807, 2.05) is 13.8 Å². The highest BCUT2D eigenvalue weighted by Crippen LogP contribution is 2.24. The van der Waals surface area contributed by atoms with Crippen molar-refractivity contribution in [2.45, 2.75) is 20.0 Å². The number of aliphatic hydroxyl groups excluding tert-OH is 1. The fourth-order valence-electron chi connectivity index (χ4n) is 1.19. The molecule has 5 heteroatoms. The van der Waals surface area contributed by atoms with Crippen molar-refractivity contribution in [3.05, 3.63) is 23.8 Å². The molecule has 0 heterocycles. The Morgan fingerprint density at radius 3 is 2.56 bits per heavy atom. The number of halogens is 2. The second kappa shape index (κ2) is 5.12. The van der Waals surface area contributed by atoms with Gasteiger partial charge in [-0.2, -0.15) is 0 Å². The van der Waals surface area contributed by atoms with Crippen LogP contribution < -0.4 is 11.1 Å². The SMILES string of the molecule is CC(C)C(O)CNc1c(N)ccc(F)c1F. The number of nitrogen functional groups attached to an aromatic ring is 1. The van der Waals surface area contributed by atoms with Crippen LogP contribution in [0, 0.1) is 17.6 Å². The molecule has 0 aliphatic heterocycles. The average molecular weight is 230 g/mol. The highest BCUT2D eigenvalue weighted by molar-refractivity contribution is 5.66. The Morgan fingerprint density at radius 2 is 2.00 bits per heavy atom. The number of aliphatic hydroxyl groups is 1.